The number of carbonyl (C=O) groups excluding carboxylic acids is 3. The Morgan fingerprint density at radius 2 is 1.62 bits per heavy atom. The molecule has 0 bridgehead atoms. The van der Waals surface area contributed by atoms with Crippen molar-refractivity contribution in [3.8, 4) is 0 Å². The minimum Gasteiger partial charge on any atom is -0.464 e. The molecule has 180 valence electrons. The van der Waals surface area contributed by atoms with Crippen LogP contribution >= 0.6 is 0 Å². The SMILES string of the molecule is CCOC(=O)C(CCCC(F)(F)F)NC(=O)[C@@H](Cc1ccccc1)NC(=O)OC(C)(C)C. The molecule has 0 aliphatic heterocycles. The molecular weight excluding hydrogens is 429 g/mol. The summed E-state index contributed by atoms with van der Waals surface area (Å²) in [5.41, 5.74) is -0.0726. The van der Waals surface area contributed by atoms with Gasteiger partial charge in [0.05, 0.1) is 6.61 Å². The van der Waals surface area contributed by atoms with Gasteiger partial charge in [-0.25, -0.2) is 9.59 Å². The molecule has 7 nitrogen and oxygen atoms in total. The summed E-state index contributed by atoms with van der Waals surface area (Å²) >= 11 is 0. The van der Waals surface area contributed by atoms with Crippen LogP contribution in [0, 0.1) is 0 Å². The lowest BCUT2D eigenvalue weighted by atomic mass is 10.0. The zero-order chi connectivity index (χ0) is 24.4. The van der Waals surface area contributed by atoms with Gasteiger partial charge in [-0.3, -0.25) is 4.79 Å². The van der Waals surface area contributed by atoms with Crippen molar-refractivity contribution >= 4 is 18.0 Å². The van der Waals surface area contributed by atoms with Crippen LogP contribution in [0.2, 0.25) is 0 Å². The number of amides is 2. The number of hydrogen-bond donors (Lipinski definition) is 2. The van der Waals surface area contributed by atoms with Gasteiger partial charge >= 0.3 is 18.2 Å². The lowest BCUT2D eigenvalue weighted by Gasteiger charge is -2.25. The molecular formula is C22H31F3N2O5. The second-order valence-corrected chi connectivity index (χ2v) is 8.21. The van der Waals surface area contributed by atoms with E-state index in [1.165, 1.54) is 0 Å². The Hall–Kier alpha value is -2.78. The molecule has 2 amide bonds. The predicted molar refractivity (Wildman–Crippen MR) is 112 cm³/mol. The van der Waals surface area contributed by atoms with Gasteiger partial charge in [-0.15, -0.1) is 0 Å². The monoisotopic (exact) mass is 460 g/mol. The molecule has 1 rings (SSSR count). The molecule has 0 aliphatic carbocycles. The Balaban J connectivity index is 2.96. The van der Waals surface area contributed by atoms with Crippen LogP contribution in [0.1, 0.15) is 52.5 Å². The van der Waals surface area contributed by atoms with Crippen molar-refractivity contribution in [2.45, 2.75) is 77.2 Å². The third-order valence-corrected chi connectivity index (χ3v) is 4.13. The van der Waals surface area contributed by atoms with Crippen LogP contribution < -0.4 is 10.6 Å². The van der Waals surface area contributed by atoms with E-state index in [2.05, 4.69) is 10.6 Å². The number of alkyl halides is 3. The second kappa shape index (κ2) is 12.3. The highest BCUT2D eigenvalue weighted by Gasteiger charge is 2.31. The molecule has 1 aromatic rings. The van der Waals surface area contributed by atoms with Crippen molar-refractivity contribution in [2.75, 3.05) is 6.61 Å². The van der Waals surface area contributed by atoms with Gasteiger partial charge < -0.3 is 20.1 Å². The summed E-state index contributed by atoms with van der Waals surface area (Å²) in [6.45, 7) is 6.55. The summed E-state index contributed by atoms with van der Waals surface area (Å²) in [7, 11) is 0. The highest BCUT2D eigenvalue weighted by atomic mass is 19.4. The van der Waals surface area contributed by atoms with E-state index in [9.17, 15) is 27.6 Å². The predicted octanol–water partition coefficient (Wildman–Crippen LogP) is 3.90. The zero-order valence-electron chi connectivity index (χ0n) is 18.8. The van der Waals surface area contributed by atoms with Crippen LogP contribution in [0.4, 0.5) is 18.0 Å². The summed E-state index contributed by atoms with van der Waals surface area (Å²) in [5.74, 6) is -1.57. The quantitative estimate of drug-likeness (QED) is 0.517. The average molecular weight is 460 g/mol. The normalized spacial score (nSPS) is 13.6. The van der Waals surface area contributed by atoms with E-state index in [1.54, 1.807) is 58.0 Å². The summed E-state index contributed by atoms with van der Waals surface area (Å²) in [5, 5.41) is 4.90. The summed E-state index contributed by atoms with van der Waals surface area (Å²) in [4.78, 5) is 37.3. The van der Waals surface area contributed by atoms with Crippen LogP contribution in [0.5, 0.6) is 0 Å². The van der Waals surface area contributed by atoms with Crippen LogP contribution in [0.15, 0.2) is 30.3 Å². The molecule has 0 heterocycles. The molecule has 0 radical (unpaired) electrons. The molecule has 0 aliphatic rings. The summed E-state index contributed by atoms with van der Waals surface area (Å²) in [6.07, 6.45) is -6.84. The van der Waals surface area contributed by atoms with Gasteiger partial charge in [-0.05, 0) is 46.1 Å². The van der Waals surface area contributed by atoms with Gasteiger partial charge in [0.1, 0.15) is 17.7 Å². The van der Waals surface area contributed by atoms with Gasteiger partial charge in [0.2, 0.25) is 5.91 Å². The first-order valence-electron chi connectivity index (χ1n) is 10.4. The second-order valence-electron chi connectivity index (χ2n) is 8.21. The number of nitrogens with one attached hydrogen (secondary N) is 2. The van der Waals surface area contributed by atoms with E-state index in [1.807, 2.05) is 0 Å². The molecule has 0 saturated heterocycles. The zero-order valence-corrected chi connectivity index (χ0v) is 18.8. The van der Waals surface area contributed by atoms with E-state index >= 15 is 0 Å². The van der Waals surface area contributed by atoms with E-state index < -0.39 is 48.3 Å². The lowest BCUT2D eigenvalue weighted by molar-refractivity contribution is -0.149. The summed E-state index contributed by atoms with van der Waals surface area (Å²) < 4.78 is 47.6. The minimum absolute atomic E-state index is 0.00801. The first-order chi connectivity index (χ1) is 14.8. The standard InChI is InChI=1S/C22H31F3N2O5/c1-5-31-19(29)16(12-9-13-22(23,24)25)26-18(28)17(14-15-10-7-6-8-11-15)27-20(30)32-21(2,3)4/h6-8,10-11,16-17H,5,9,12-14H2,1-4H3,(H,26,28)(H,27,30)/t16?,17-/m1/s1. The smallest absolute Gasteiger partial charge is 0.408 e. The highest BCUT2D eigenvalue weighted by Crippen LogP contribution is 2.23. The number of benzene rings is 1. The Bertz CT molecular complexity index is 748. The van der Waals surface area contributed by atoms with Crippen LogP contribution in [0.25, 0.3) is 0 Å². The number of carbonyl (C=O) groups is 3. The molecule has 2 atom stereocenters. The van der Waals surface area contributed by atoms with Crippen LogP contribution in [-0.4, -0.2) is 48.4 Å². The number of rotatable bonds is 10. The number of ether oxygens (including phenoxy) is 2. The maximum Gasteiger partial charge on any atom is 0.408 e. The van der Waals surface area contributed by atoms with Gasteiger partial charge in [0, 0.05) is 12.8 Å². The fourth-order valence-electron chi connectivity index (χ4n) is 2.78. The largest absolute Gasteiger partial charge is 0.464 e. The molecule has 0 saturated carbocycles. The molecule has 0 aromatic heterocycles. The topological polar surface area (TPSA) is 93.7 Å². The maximum atomic E-state index is 12.9. The Morgan fingerprint density at radius 1 is 1.00 bits per heavy atom. The average Bonchev–Trinajstić information content (AvgIpc) is 2.65. The third-order valence-electron chi connectivity index (χ3n) is 4.13. The Kier molecular flexibility index (Phi) is 10.5. The van der Waals surface area contributed by atoms with Gasteiger partial charge in [0.25, 0.3) is 0 Å². The minimum atomic E-state index is -4.38. The van der Waals surface area contributed by atoms with Gasteiger partial charge in [0.15, 0.2) is 0 Å². The first kappa shape index (κ1) is 27.3. The van der Waals surface area contributed by atoms with Crippen molar-refractivity contribution in [1.82, 2.24) is 10.6 Å². The Morgan fingerprint density at radius 3 is 2.16 bits per heavy atom. The van der Waals surface area contributed by atoms with Crippen molar-refractivity contribution in [3.05, 3.63) is 35.9 Å². The van der Waals surface area contributed by atoms with Crippen LogP contribution in [-0.2, 0) is 25.5 Å². The molecule has 32 heavy (non-hydrogen) atoms. The fraction of sp³-hybridized carbons (Fsp3) is 0.591. The molecule has 1 unspecified atom stereocenters. The van der Waals surface area contributed by atoms with E-state index in [4.69, 9.17) is 9.47 Å². The van der Waals surface area contributed by atoms with Gasteiger partial charge in [-0.2, -0.15) is 13.2 Å². The maximum absolute atomic E-state index is 12.9. The molecule has 0 fully saturated rings. The van der Waals surface area contributed by atoms with Crippen molar-refractivity contribution in [2.24, 2.45) is 0 Å². The van der Waals surface area contributed by atoms with Crippen LogP contribution in [0.3, 0.4) is 0 Å². The molecule has 2 N–H and O–H groups in total. The number of hydrogen-bond acceptors (Lipinski definition) is 5. The van der Waals surface area contributed by atoms with Crippen molar-refractivity contribution < 1.29 is 37.0 Å². The van der Waals surface area contributed by atoms with E-state index in [0.717, 1.165) is 5.56 Å². The number of alkyl carbamates (subject to hydrolysis) is 1. The Labute approximate surface area is 186 Å². The summed E-state index contributed by atoms with van der Waals surface area (Å²) in [6, 6.07) is 6.42. The molecule has 10 heteroatoms. The van der Waals surface area contributed by atoms with Gasteiger partial charge in [-0.1, -0.05) is 30.3 Å². The molecule has 1 aromatic carbocycles. The van der Waals surface area contributed by atoms with Crippen molar-refractivity contribution in [3.63, 3.8) is 0 Å². The van der Waals surface area contributed by atoms with Crippen molar-refractivity contribution in [1.29, 1.82) is 0 Å². The lowest BCUT2D eigenvalue weighted by Crippen LogP contribution is -2.53. The highest BCUT2D eigenvalue weighted by molar-refractivity contribution is 5.89. The first-order valence-corrected chi connectivity index (χ1v) is 10.4. The van der Waals surface area contributed by atoms with E-state index in [-0.39, 0.29) is 25.9 Å². The third kappa shape index (κ3) is 11.6. The number of esters is 1. The molecule has 0 spiro atoms. The number of halogens is 3. The van der Waals surface area contributed by atoms with E-state index in [0.29, 0.717) is 0 Å². The fourth-order valence-corrected chi connectivity index (χ4v) is 2.78.